The SMILES string of the molecule is Cc1sc(NC(=O)c2oc3ccc(Br)cc3c2C)c(C(N)=O)c1-c1ccccc1. The first-order chi connectivity index (χ1) is 13.9. The van der Waals surface area contributed by atoms with Crippen LogP contribution in [0.15, 0.2) is 57.4 Å². The lowest BCUT2D eigenvalue weighted by atomic mass is 10.0. The average molecular weight is 469 g/mol. The van der Waals surface area contributed by atoms with Crippen LogP contribution in [0.4, 0.5) is 5.00 Å². The van der Waals surface area contributed by atoms with E-state index in [4.69, 9.17) is 10.2 Å². The zero-order chi connectivity index (χ0) is 20.7. The number of amides is 2. The molecule has 0 unspecified atom stereocenters. The number of nitrogens with one attached hydrogen (secondary N) is 1. The van der Waals surface area contributed by atoms with Gasteiger partial charge < -0.3 is 15.5 Å². The van der Waals surface area contributed by atoms with Gasteiger partial charge in [0, 0.05) is 25.9 Å². The number of carbonyl (C=O) groups is 2. The Balaban J connectivity index is 1.76. The van der Waals surface area contributed by atoms with Crippen molar-refractivity contribution in [1.29, 1.82) is 0 Å². The molecule has 4 rings (SSSR count). The first kappa shape index (κ1) is 19.4. The van der Waals surface area contributed by atoms with Crippen LogP contribution in [-0.4, -0.2) is 11.8 Å². The van der Waals surface area contributed by atoms with Gasteiger partial charge in [0.15, 0.2) is 5.76 Å². The molecule has 0 spiro atoms. The molecule has 0 saturated heterocycles. The molecule has 2 aromatic carbocycles. The largest absolute Gasteiger partial charge is 0.451 e. The van der Waals surface area contributed by atoms with Crippen molar-refractivity contribution in [1.82, 2.24) is 0 Å². The Morgan fingerprint density at radius 2 is 1.83 bits per heavy atom. The van der Waals surface area contributed by atoms with E-state index in [9.17, 15) is 9.59 Å². The standard InChI is InChI=1S/C22H17BrN2O3S/c1-11-15-10-14(23)8-9-16(15)28-19(11)21(27)25-22-18(20(24)26)17(12(2)29-22)13-6-4-3-5-7-13/h3-10H,1-2H3,(H2,24,26)(H,25,27). The summed E-state index contributed by atoms with van der Waals surface area (Å²) in [5.74, 6) is -0.798. The molecular formula is C22H17BrN2O3S. The molecule has 0 aliphatic rings. The molecule has 5 nitrogen and oxygen atoms in total. The van der Waals surface area contributed by atoms with Crippen molar-refractivity contribution in [2.75, 3.05) is 5.32 Å². The van der Waals surface area contributed by atoms with E-state index in [1.807, 2.05) is 56.3 Å². The molecule has 0 radical (unpaired) electrons. The second kappa shape index (κ2) is 7.50. The van der Waals surface area contributed by atoms with Gasteiger partial charge >= 0.3 is 0 Å². The van der Waals surface area contributed by atoms with Gasteiger partial charge in [0.25, 0.3) is 11.8 Å². The summed E-state index contributed by atoms with van der Waals surface area (Å²) in [6.45, 7) is 3.73. The van der Waals surface area contributed by atoms with Crippen molar-refractivity contribution in [3.8, 4) is 11.1 Å². The van der Waals surface area contributed by atoms with E-state index in [-0.39, 0.29) is 5.76 Å². The van der Waals surface area contributed by atoms with Crippen molar-refractivity contribution in [3.63, 3.8) is 0 Å². The number of carbonyl (C=O) groups excluding carboxylic acids is 2. The number of benzene rings is 2. The van der Waals surface area contributed by atoms with Gasteiger partial charge in [0.2, 0.25) is 0 Å². The summed E-state index contributed by atoms with van der Waals surface area (Å²) in [5.41, 5.74) is 8.96. The molecule has 3 N–H and O–H groups in total. The van der Waals surface area contributed by atoms with Gasteiger partial charge in [-0.15, -0.1) is 11.3 Å². The number of aryl methyl sites for hydroxylation is 2. The predicted octanol–water partition coefficient (Wildman–Crippen LogP) is 5.89. The van der Waals surface area contributed by atoms with Gasteiger partial charge in [-0.25, -0.2) is 0 Å². The average Bonchev–Trinajstić information content (AvgIpc) is 3.19. The summed E-state index contributed by atoms with van der Waals surface area (Å²) in [7, 11) is 0. The summed E-state index contributed by atoms with van der Waals surface area (Å²) >= 11 is 4.75. The van der Waals surface area contributed by atoms with E-state index in [2.05, 4.69) is 21.2 Å². The number of hydrogen-bond donors (Lipinski definition) is 2. The number of thiophene rings is 1. The quantitative estimate of drug-likeness (QED) is 0.391. The molecule has 0 aliphatic carbocycles. The summed E-state index contributed by atoms with van der Waals surface area (Å²) in [6, 6.07) is 15.1. The Labute approximate surface area is 179 Å². The second-order valence-corrected chi connectivity index (χ2v) is 8.76. The molecular weight excluding hydrogens is 452 g/mol. The number of primary amides is 1. The molecule has 0 atom stereocenters. The van der Waals surface area contributed by atoms with Gasteiger partial charge in [-0.2, -0.15) is 0 Å². The fraction of sp³-hybridized carbons (Fsp3) is 0.0909. The predicted molar refractivity (Wildman–Crippen MR) is 120 cm³/mol. The number of furan rings is 1. The van der Waals surface area contributed by atoms with E-state index >= 15 is 0 Å². The minimum atomic E-state index is -0.589. The van der Waals surface area contributed by atoms with Crippen LogP contribution in [0.1, 0.15) is 31.4 Å². The molecule has 0 fully saturated rings. The number of anilines is 1. The van der Waals surface area contributed by atoms with Crippen LogP contribution in [0.25, 0.3) is 22.1 Å². The maximum Gasteiger partial charge on any atom is 0.292 e. The third-order valence-electron chi connectivity index (χ3n) is 4.72. The Hall–Kier alpha value is -2.90. The van der Waals surface area contributed by atoms with Crippen molar-refractivity contribution in [2.45, 2.75) is 13.8 Å². The van der Waals surface area contributed by atoms with E-state index in [1.165, 1.54) is 11.3 Å². The minimum absolute atomic E-state index is 0.209. The number of halogens is 1. The summed E-state index contributed by atoms with van der Waals surface area (Å²) in [4.78, 5) is 26.1. The molecule has 7 heteroatoms. The lowest BCUT2D eigenvalue weighted by Gasteiger charge is -2.06. The zero-order valence-electron chi connectivity index (χ0n) is 15.7. The van der Waals surface area contributed by atoms with Gasteiger partial charge in [-0.3, -0.25) is 9.59 Å². The molecule has 29 heavy (non-hydrogen) atoms. The first-order valence-electron chi connectivity index (χ1n) is 8.85. The van der Waals surface area contributed by atoms with Gasteiger partial charge in [0.1, 0.15) is 10.6 Å². The van der Waals surface area contributed by atoms with Crippen LogP contribution in [-0.2, 0) is 0 Å². The summed E-state index contributed by atoms with van der Waals surface area (Å²) in [5, 5.41) is 4.10. The fourth-order valence-electron chi connectivity index (χ4n) is 3.39. The van der Waals surface area contributed by atoms with Crippen LogP contribution in [0.2, 0.25) is 0 Å². The second-order valence-electron chi connectivity index (χ2n) is 6.62. The van der Waals surface area contributed by atoms with Gasteiger partial charge in [-0.05, 0) is 37.6 Å². The molecule has 0 aliphatic heterocycles. The highest BCUT2D eigenvalue weighted by Gasteiger charge is 2.25. The van der Waals surface area contributed by atoms with Crippen LogP contribution >= 0.6 is 27.3 Å². The van der Waals surface area contributed by atoms with Crippen molar-refractivity contribution in [2.24, 2.45) is 5.73 Å². The topological polar surface area (TPSA) is 85.3 Å². The number of nitrogens with two attached hydrogens (primary N) is 1. The smallest absolute Gasteiger partial charge is 0.292 e. The highest BCUT2D eigenvalue weighted by atomic mass is 79.9. The Morgan fingerprint density at radius 1 is 1.10 bits per heavy atom. The lowest BCUT2D eigenvalue weighted by molar-refractivity contribution is 0.0998. The molecule has 4 aromatic rings. The lowest BCUT2D eigenvalue weighted by Crippen LogP contribution is -2.17. The maximum atomic E-state index is 13.0. The van der Waals surface area contributed by atoms with Crippen molar-refractivity contribution >= 4 is 55.1 Å². The van der Waals surface area contributed by atoms with Crippen molar-refractivity contribution < 1.29 is 14.0 Å². The monoisotopic (exact) mass is 468 g/mol. The molecule has 0 saturated carbocycles. The van der Waals surface area contributed by atoms with E-state index in [0.29, 0.717) is 16.1 Å². The van der Waals surface area contributed by atoms with Crippen LogP contribution in [0, 0.1) is 13.8 Å². The number of fused-ring (bicyclic) bond motifs is 1. The summed E-state index contributed by atoms with van der Waals surface area (Å²) in [6.07, 6.45) is 0. The highest BCUT2D eigenvalue weighted by Crippen LogP contribution is 2.40. The Morgan fingerprint density at radius 3 is 2.52 bits per heavy atom. The number of rotatable bonds is 4. The molecule has 0 bridgehead atoms. The van der Waals surface area contributed by atoms with E-state index in [1.54, 1.807) is 6.07 Å². The minimum Gasteiger partial charge on any atom is -0.451 e. The zero-order valence-corrected chi connectivity index (χ0v) is 18.1. The van der Waals surface area contributed by atoms with Gasteiger partial charge in [0.05, 0.1) is 5.56 Å². The first-order valence-corrected chi connectivity index (χ1v) is 10.5. The van der Waals surface area contributed by atoms with E-state index in [0.717, 1.165) is 31.4 Å². The third kappa shape index (κ3) is 3.47. The van der Waals surface area contributed by atoms with Crippen LogP contribution < -0.4 is 11.1 Å². The van der Waals surface area contributed by atoms with Gasteiger partial charge in [-0.1, -0.05) is 46.3 Å². The Bertz CT molecular complexity index is 1260. The Kier molecular flexibility index (Phi) is 5.02. The third-order valence-corrected chi connectivity index (χ3v) is 6.24. The fourth-order valence-corrected chi connectivity index (χ4v) is 4.83. The number of hydrogen-bond acceptors (Lipinski definition) is 4. The molecule has 2 heterocycles. The highest BCUT2D eigenvalue weighted by molar-refractivity contribution is 9.10. The maximum absolute atomic E-state index is 13.0. The van der Waals surface area contributed by atoms with Crippen LogP contribution in [0.3, 0.4) is 0 Å². The van der Waals surface area contributed by atoms with Crippen LogP contribution in [0.5, 0.6) is 0 Å². The summed E-state index contributed by atoms with van der Waals surface area (Å²) < 4.78 is 6.67. The van der Waals surface area contributed by atoms with Crippen molar-refractivity contribution in [3.05, 3.63) is 74.8 Å². The van der Waals surface area contributed by atoms with E-state index < -0.39 is 11.8 Å². The molecule has 146 valence electrons. The molecule has 2 aromatic heterocycles. The molecule has 2 amide bonds. The normalized spacial score (nSPS) is 11.0.